The molecule has 1 aliphatic carbocycles. The number of nitrogens with zero attached hydrogens (tertiary/aromatic N) is 2. The van der Waals surface area contributed by atoms with Crippen LogP contribution < -0.4 is 21.5 Å². The first-order chi connectivity index (χ1) is 15.5. The predicted octanol–water partition coefficient (Wildman–Crippen LogP) is 3.00. The van der Waals surface area contributed by atoms with Gasteiger partial charge in [-0.15, -0.1) is 0 Å². The van der Waals surface area contributed by atoms with Crippen LogP contribution in [0.4, 0.5) is 11.4 Å². The molecular formula is C24H27N5O3. The van der Waals surface area contributed by atoms with Gasteiger partial charge in [-0.1, -0.05) is 18.9 Å². The molecule has 166 valence electrons. The second-order valence-electron chi connectivity index (χ2n) is 8.63. The summed E-state index contributed by atoms with van der Waals surface area (Å²) in [6, 6.07) is 5.87. The Morgan fingerprint density at radius 3 is 2.69 bits per heavy atom. The highest BCUT2D eigenvalue weighted by Gasteiger charge is 2.37. The number of carbonyl (C=O) groups excluding carboxylic acids is 2. The van der Waals surface area contributed by atoms with E-state index >= 15 is 0 Å². The SMILES string of the molecule is CC1c2ncc(C(N)=O)c(Nc3cccc4c3CCO4)c2C=C(C(N)=O)N1C1CCCC1. The molecule has 0 spiro atoms. The molecule has 0 saturated heterocycles. The Bertz CT molecular complexity index is 1140. The van der Waals surface area contributed by atoms with E-state index in [0.717, 1.165) is 54.8 Å². The Kier molecular flexibility index (Phi) is 5.00. The van der Waals surface area contributed by atoms with Crippen LogP contribution in [0.5, 0.6) is 5.75 Å². The lowest BCUT2D eigenvalue weighted by molar-refractivity contribution is -0.116. The molecule has 2 aromatic rings. The molecule has 2 aliphatic heterocycles. The molecule has 5 rings (SSSR count). The zero-order valence-electron chi connectivity index (χ0n) is 18.1. The van der Waals surface area contributed by atoms with E-state index in [9.17, 15) is 9.59 Å². The number of pyridine rings is 1. The first-order valence-corrected chi connectivity index (χ1v) is 11.1. The van der Waals surface area contributed by atoms with Crippen molar-refractivity contribution in [1.29, 1.82) is 0 Å². The van der Waals surface area contributed by atoms with Crippen molar-refractivity contribution >= 4 is 29.3 Å². The van der Waals surface area contributed by atoms with Crippen LogP contribution in [0.25, 0.3) is 6.08 Å². The molecule has 3 heterocycles. The van der Waals surface area contributed by atoms with Crippen molar-refractivity contribution in [3.05, 3.63) is 52.5 Å². The third-order valence-corrected chi connectivity index (χ3v) is 6.76. The Labute approximate surface area is 186 Å². The first kappa shape index (κ1) is 20.4. The van der Waals surface area contributed by atoms with Gasteiger partial charge in [-0.2, -0.15) is 0 Å². The van der Waals surface area contributed by atoms with E-state index < -0.39 is 11.8 Å². The summed E-state index contributed by atoms with van der Waals surface area (Å²) < 4.78 is 5.68. The number of fused-ring (bicyclic) bond motifs is 2. The minimum absolute atomic E-state index is 0.159. The molecule has 8 nitrogen and oxygen atoms in total. The summed E-state index contributed by atoms with van der Waals surface area (Å²) in [6.45, 7) is 2.64. The second-order valence-corrected chi connectivity index (χ2v) is 8.63. The highest BCUT2D eigenvalue weighted by atomic mass is 16.5. The number of benzene rings is 1. The number of nitrogens with two attached hydrogens (primary N) is 2. The Morgan fingerprint density at radius 1 is 1.19 bits per heavy atom. The van der Waals surface area contributed by atoms with Gasteiger partial charge >= 0.3 is 0 Å². The Morgan fingerprint density at radius 2 is 1.97 bits per heavy atom. The molecule has 1 aromatic carbocycles. The van der Waals surface area contributed by atoms with Gasteiger partial charge in [-0.25, -0.2) is 0 Å². The monoisotopic (exact) mass is 433 g/mol. The molecule has 2 amide bonds. The van der Waals surface area contributed by atoms with Crippen molar-refractivity contribution in [3.63, 3.8) is 0 Å². The molecule has 32 heavy (non-hydrogen) atoms. The van der Waals surface area contributed by atoms with Gasteiger partial charge in [0.2, 0.25) is 0 Å². The summed E-state index contributed by atoms with van der Waals surface area (Å²) >= 11 is 0. The highest BCUT2D eigenvalue weighted by molar-refractivity contribution is 6.04. The number of primary amides is 2. The molecule has 8 heteroatoms. The largest absolute Gasteiger partial charge is 0.493 e. The maximum Gasteiger partial charge on any atom is 0.265 e. The van der Waals surface area contributed by atoms with E-state index in [0.29, 0.717) is 23.6 Å². The third-order valence-electron chi connectivity index (χ3n) is 6.76. The lowest BCUT2D eigenvalue weighted by Gasteiger charge is -2.40. The number of amides is 2. The molecule has 1 atom stereocenters. The molecule has 1 saturated carbocycles. The van der Waals surface area contributed by atoms with E-state index in [1.165, 1.54) is 6.20 Å². The zero-order valence-corrected chi connectivity index (χ0v) is 18.1. The van der Waals surface area contributed by atoms with Gasteiger partial charge in [0.05, 0.1) is 29.6 Å². The van der Waals surface area contributed by atoms with Crippen molar-refractivity contribution in [2.45, 2.75) is 51.1 Å². The van der Waals surface area contributed by atoms with Crippen LogP contribution in [-0.4, -0.2) is 34.3 Å². The predicted molar refractivity (Wildman–Crippen MR) is 121 cm³/mol. The molecule has 5 N–H and O–H groups in total. The fraction of sp³-hybridized carbons (Fsp3) is 0.375. The van der Waals surface area contributed by atoms with E-state index in [1.54, 1.807) is 6.08 Å². The number of aromatic nitrogens is 1. The molecular weight excluding hydrogens is 406 g/mol. The quantitative estimate of drug-likeness (QED) is 0.666. The third kappa shape index (κ3) is 3.26. The summed E-state index contributed by atoms with van der Waals surface area (Å²) in [6.07, 6.45) is 8.36. The topological polar surface area (TPSA) is 124 Å². The number of anilines is 2. The molecule has 0 bridgehead atoms. The van der Waals surface area contributed by atoms with Gasteiger partial charge in [0, 0.05) is 35.5 Å². The van der Waals surface area contributed by atoms with Crippen LogP contribution in [0.2, 0.25) is 0 Å². The number of ether oxygens (including phenoxy) is 1. The van der Waals surface area contributed by atoms with Gasteiger partial charge in [0.15, 0.2) is 0 Å². The highest BCUT2D eigenvalue weighted by Crippen LogP contribution is 2.43. The summed E-state index contributed by atoms with van der Waals surface area (Å²) in [7, 11) is 0. The lowest BCUT2D eigenvalue weighted by Crippen LogP contribution is -2.42. The van der Waals surface area contributed by atoms with Gasteiger partial charge in [0.1, 0.15) is 11.4 Å². The number of hydrogen-bond acceptors (Lipinski definition) is 6. The number of carbonyl (C=O) groups is 2. The van der Waals surface area contributed by atoms with Crippen molar-refractivity contribution in [2.24, 2.45) is 11.5 Å². The standard InChI is InChI=1S/C24H27N5O3/c1-13-21-16(11-19(24(26)31)29(13)14-5-2-3-6-14)22(17(12-27-21)23(25)30)28-18-7-4-8-20-15(18)9-10-32-20/h4,7-8,11-14H,2-3,5-6,9-10H2,1H3,(H2,25,30)(H2,26,31)(H,27,28). The average molecular weight is 434 g/mol. The van der Waals surface area contributed by atoms with Crippen molar-refractivity contribution in [2.75, 3.05) is 11.9 Å². The average Bonchev–Trinajstić information content (AvgIpc) is 3.46. The van der Waals surface area contributed by atoms with Gasteiger partial charge in [-0.3, -0.25) is 14.6 Å². The Hall–Kier alpha value is -3.55. The molecule has 1 unspecified atom stereocenters. The molecule has 3 aliphatic rings. The number of rotatable bonds is 5. The second kappa shape index (κ2) is 7.85. The maximum atomic E-state index is 12.5. The van der Waals surface area contributed by atoms with E-state index in [2.05, 4.69) is 15.2 Å². The van der Waals surface area contributed by atoms with Crippen LogP contribution in [0.1, 0.15) is 65.8 Å². The molecule has 0 radical (unpaired) electrons. The van der Waals surface area contributed by atoms with Crippen LogP contribution in [0, 0.1) is 0 Å². The minimum atomic E-state index is -0.591. The normalized spacial score (nSPS) is 19.7. The van der Waals surface area contributed by atoms with Crippen LogP contribution in [-0.2, 0) is 11.2 Å². The summed E-state index contributed by atoms with van der Waals surface area (Å²) in [5.41, 5.74) is 16.1. The molecule has 1 aromatic heterocycles. The van der Waals surface area contributed by atoms with Crippen LogP contribution in [0.3, 0.4) is 0 Å². The van der Waals surface area contributed by atoms with Gasteiger partial charge < -0.3 is 26.4 Å². The van der Waals surface area contributed by atoms with Gasteiger partial charge in [0.25, 0.3) is 11.8 Å². The number of hydrogen-bond donors (Lipinski definition) is 3. The van der Waals surface area contributed by atoms with Gasteiger partial charge in [-0.05, 0) is 38.0 Å². The summed E-state index contributed by atoms with van der Waals surface area (Å²) in [5, 5.41) is 3.41. The van der Waals surface area contributed by atoms with Crippen LogP contribution in [0.15, 0.2) is 30.1 Å². The Balaban J connectivity index is 1.66. The summed E-state index contributed by atoms with van der Waals surface area (Å²) in [4.78, 5) is 31.5. The van der Waals surface area contributed by atoms with Crippen LogP contribution >= 0.6 is 0 Å². The fourth-order valence-electron chi connectivity index (χ4n) is 5.26. The van der Waals surface area contributed by atoms with Crippen molar-refractivity contribution in [1.82, 2.24) is 9.88 Å². The fourth-order valence-corrected chi connectivity index (χ4v) is 5.26. The minimum Gasteiger partial charge on any atom is -0.493 e. The van der Waals surface area contributed by atoms with E-state index in [-0.39, 0.29) is 17.6 Å². The number of nitrogens with one attached hydrogen (secondary N) is 1. The van der Waals surface area contributed by atoms with Crippen molar-refractivity contribution < 1.29 is 14.3 Å². The summed E-state index contributed by atoms with van der Waals surface area (Å²) in [5.74, 6) is -0.252. The maximum absolute atomic E-state index is 12.5. The van der Waals surface area contributed by atoms with E-state index in [4.69, 9.17) is 16.2 Å². The van der Waals surface area contributed by atoms with E-state index in [1.807, 2.05) is 25.1 Å². The smallest absolute Gasteiger partial charge is 0.265 e. The molecule has 1 fully saturated rings. The van der Waals surface area contributed by atoms with Crippen molar-refractivity contribution in [3.8, 4) is 5.75 Å². The lowest BCUT2D eigenvalue weighted by atomic mass is 9.93. The first-order valence-electron chi connectivity index (χ1n) is 11.1. The zero-order chi connectivity index (χ0) is 22.4.